The lowest BCUT2D eigenvalue weighted by Gasteiger charge is -2.29. The summed E-state index contributed by atoms with van der Waals surface area (Å²) < 4.78 is 5.63. The van der Waals surface area contributed by atoms with Gasteiger partial charge in [-0.25, -0.2) is 0 Å². The van der Waals surface area contributed by atoms with Crippen LogP contribution in [-0.4, -0.2) is 37.2 Å². The zero-order valence-corrected chi connectivity index (χ0v) is 13.2. The highest BCUT2D eigenvalue weighted by Gasteiger charge is 2.28. The van der Waals surface area contributed by atoms with Gasteiger partial charge in [0.1, 0.15) is 0 Å². The third-order valence-corrected chi connectivity index (χ3v) is 4.42. The number of likely N-dealkylation sites (N-methyl/N-ethyl adjacent to an activating group) is 1. The van der Waals surface area contributed by atoms with Crippen LogP contribution in [0.25, 0.3) is 0 Å². The third kappa shape index (κ3) is 3.60. The molecule has 112 valence electrons. The fraction of sp³-hybridized carbons (Fsp3) is 0.647. The Hall–Kier alpha value is -0.900. The minimum absolute atomic E-state index is 0.0639. The molecule has 1 saturated heterocycles. The van der Waals surface area contributed by atoms with E-state index in [4.69, 9.17) is 10.5 Å². The Bertz CT molecular complexity index is 416. The molecule has 1 heterocycles. The van der Waals surface area contributed by atoms with E-state index in [2.05, 4.69) is 57.0 Å². The van der Waals surface area contributed by atoms with E-state index < -0.39 is 0 Å². The molecule has 20 heavy (non-hydrogen) atoms. The van der Waals surface area contributed by atoms with Gasteiger partial charge in [-0.05, 0) is 37.4 Å². The highest BCUT2D eigenvalue weighted by molar-refractivity contribution is 5.26. The van der Waals surface area contributed by atoms with Gasteiger partial charge in [-0.15, -0.1) is 0 Å². The van der Waals surface area contributed by atoms with Gasteiger partial charge in [0, 0.05) is 25.2 Å². The van der Waals surface area contributed by atoms with Crippen LogP contribution < -0.4 is 5.73 Å². The van der Waals surface area contributed by atoms with Crippen molar-refractivity contribution in [1.29, 1.82) is 0 Å². The van der Waals surface area contributed by atoms with E-state index >= 15 is 0 Å². The Morgan fingerprint density at radius 2 is 1.85 bits per heavy atom. The number of benzene rings is 1. The van der Waals surface area contributed by atoms with Gasteiger partial charge in [0.25, 0.3) is 0 Å². The second-order valence-corrected chi connectivity index (χ2v) is 6.30. The van der Waals surface area contributed by atoms with Crippen LogP contribution in [0.3, 0.4) is 0 Å². The summed E-state index contributed by atoms with van der Waals surface area (Å²) >= 11 is 0. The monoisotopic (exact) mass is 276 g/mol. The van der Waals surface area contributed by atoms with Crippen molar-refractivity contribution >= 4 is 0 Å². The molecule has 2 N–H and O–H groups in total. The van der Waals surface area contributed by atoms with Gasteiger partial charge in [-0.1, -0.05) is 38.1 Å². The van der Waals surface area contributed by atoms with Crippen molar-refractivity contribution in [3.8, 4) is 0 Å². The molecule has 3 atom stereocenters. The maximum absolute atomic E-state index is 6.35. The first-order chi connectivity index (χ1) is 9.49. The summed E-state index contributed by atoms with van der Waals surface area (Å²) in [6.45, 7) is 8.32. The Kier molecular flexibility index (Phi) is 5.19. The molecule has 3 nitrogen and oxygen atoms in total. The van der Waals surface area contributed by atoms with Gasteiger partial charge in [-0.3, -0.25) is 4.90 Å². The summed E-state index contributed by atoms with van der Waals surface area (Å²) in [5, 5.41) is 0. The van der Waals surface area contributed by atoms with Crippen molar-refractivity contribution < 1.29 is 4.74 Å². The summed E-state index contributed by atoms with van der Waals surface area (Å²) in [7, 11) is 2.15. The van der Waals surface area contributed by atoms with Crippen LogP contribution in [0.1, 0.15) is 50.3 Å². The zero-order valence-electron chi connectivity index (χ0n) is 13.2. The lowest BCUT2D eigenvalue weighted by molar-refractivity contribution is 0.0818. The van der Waals surface area contributed by atoms with E-state index in [1.54, 1.807) is 0 Å². The van der Waals surface area contributed by atoms with Crippen LogP contribution >= 0.6 is 0 Å². The first-order valence-corrected chi connectivity index (χ1v) is 7.66. The van der Waals surface area contributed by atoms with Crippen LogP contribution in [-0.2, 0) is 4.74 Å². The lowest BCUT2D eigenvalue weighted by Crippen LogP contribution is -2.40. The summed E-state index contributed by atoms with van der Waals surface area (Å²) in [6.07, 6.45) is 1.42. The Balaban J connectivity index is 1.95. The van der Waals surface area contributed by atoms with Crippen molar-refractivity contribution in [2.75, 3.05) is 20.2 Å². The smallest absolute Gasteiger partial charge is 0.0702 e. The average Bonchev–Trinajstić information content (AvgIpc) is 2.85. The predicted molar refractivity (Wildman–Crippen MR) is 83.9 cm³/mol. The van der Waals surface area contributed by atoms with Gasteiger partial charge in [0.2, 0.25) is 0 Å². The molecule has 0 bridgehead atoms. The number of hydrogen-bond donors (Lipinski definition) is 1. The summed E-state index contributed by atoms with van der Waals surface area (Å²) in [5.41, 5.74) is 8.94. The topological polar surface area (TPSA) is 38.5 Å². The largest absolute Gasteiger partial charge is 0.377 e. The average molecular weight is 276 g/mol. The molecule has 0 aromatic heterocycles. The minimum Gasteiger partial charge on any atom is -0.377 e. The molecule has 0 aliphatic carbocycles. The molecule has 2 rings (SSSR count). The predicted octanol–water partition coefficient (Wildman–Crippen LogP) is 2.92. The molecule has 0 spiro atoms. The molecule has 0 amide bonds. The number of hydrogen-bond acceptors (Lipinski definition) is 3. The maximum Gasteiger partial charge on any atom is 0.0702 e. The molecule has 0 saturated carbocycles. The van der Waals surface area contributed by atoms with Gasteiger partial charge in [-0.2, -0.15) is 0 Å². The van der Waals surface area contributed by atoms with Gasteiger partial charge < -0.3 is 10.5 Å². The molecule has 1 aliphatic heterocycles. The van der Waals surface area contributed by atoms with Crippen molar-refractivity contribution in [2.24, 2.45) is 5.73 Å². The van der Waals surface area contributed by atoms with Crippen molar-refractivity contribution in [2.45, 2.75) is 51.3 Å². The van der Waals surface area contributed by atoms with Crippen molar-refractivity contribution in [3.63, 3.8) is 0 Å². The second-order valence-electron chi connectivity index (χ2n) is 6.30. The van der Waals surface area contributed by atoms with Gasteiger partial charge in [0.15, 0.2) is 0 Å². The highest BCUT2D eigenvalue weighted by Crippen LogP contribution is 2.22. The Morgan fingerprint density at radius 1 is 1.25 bits per heavy atom. The van der Waals surface area contributed by atoms with Crippen LogP contribution in [0.2, 0.25) is 0 Å². The Morgan fingerprint density at radius 3 is 2.35 bits per heavy atom. The summed E-state index contributed by atoms with van der Waals surface area (Å²) in [4.78, 5) is 2.35. The maximum atomic E-state index is 6.35. The quantitative estimate of drug-likeness (QED) is 0.898. The molecule has 3 unspecified atom stereocenters. The SMILES string of the molecule is CC(C)c1ccc(C(N)CN(C)C2CCOC2C)cc1. The summed E-state index contributed by atoms with van der Waals surface area (Å²) in [5.74, 6) is 0.569. The molecule has 1 aromatic carbocycles. The third-order valence-electron chi connectivity index (χ3n) is 4.42. The van der Waals surface area contributed by atoms with E-state index in [1.165, 1.54) is 11.1 Å². The first-order valence-electron chi connectivity index (χ1n) is 7.66. The minimum atomic E-state index is 0.0639. The molecular formula is C17H28N2O. The van der Waals surface area contributed by atoms with Crippen LogP contribution in [0.5, 0.6) is 0 Å². The Labute approximate surface area is 123 Å². The molecule has 1 fully saturated rings. The molecule has 3 heteroatoms. The molecular weight excluding hydrogens is 248 g/mol. The van der Waals surface area contributed by atoms with E-state index in [0.29, 0.717) is 18.1 Å². The fourth-order valence-electron chi connectivity index (χ4n) is 2.98. The van der Waals surface area contributed by atoms with Gasteiger partial charge in [0.05, 0.1) is 6.10 Å². The lowest BCUT2D eigenvalue weighted by atomic mass is 9.99. The van der Waals surface area contributed by atoms with E-state index in [-0.39, 0.29) is 6.04 Å². The van der Waals surface area contributed by atoms with Gasteiger partial charge >= 0.3 is 0 Å². The van der Waals surface area contributed by atoms with Crippen LogP contribution in [0.4, 0.5) is 0 Å². The highest BCUT2D eigenvalue weighted by atomic mass is 16.5. The van der Waals surface area contributed by atoms with E-state index in [1.807, 2.05) is 0 Å². The fourth-order valence-corrected chi connectivity index (χ4v) is 2.98. The summed E-state index contributed by atoms with van der Waals surface area (Å²) in [6, 6.07) is 9.29. The number of rotatable bonds is 5. The van der Waals surface area contributed by atoms with Crippen LogP contribution in [0, 0.1) is 0 Å². The standard InChI is InChI=1S/C17H28N2O/c1-12(2)14-5-7-15(8-6-14)16(18)11-19(4)17-9-10-20-13(17)3/h5-8,12-13,16-17H,9-11,18H2,1-4H3. The van der Waals surface area contributed by atoms with E-state index in [9.17, 15) is 0 Å². The van der Waals surface area contributed by atoms with Crippen LogP contribution in [0.15, 0.2) is 24.3 Å². The first kappa shape index (κ1) is 15.5. The zero-order chi connectivity index (χ0) is 14.7. The molecule has 1 aliphatic rings. The normalized spacial score (nSPS) is 24.6. The number of nitrogens with two attached hydrogens (primary N) is 1. The second kappa shape index (κ2) is 6.70. The van der Waals surface area contributed by atoms with Crippen molar-refractivity contribution in [1.82, 2.24) is 4.90 Å². The number of nitrogens with zero attached hydrogens (tertiary/aromatic N) is 1. The van der Waals surface area contributed by atoms with E-state index in [0.717, 1.165) is 19.6 Å². The molecule has 0 radical (unpaired) electrons. The molecule has 1 aromatic rings. The van der Waals surface area contributed by atoms with Crippen molar-refractivity contribution in [3.05, 3.63) is 35.4 Å². The number of ether oxygens (including phenoxy) is 1.